The van der Waals surface area contributed by atoms with Gasteiger partial charge in [0.15, 0.2) is 0 Å². The molecule has 0 aromatic carbocycles. The third kappa shape index (κ3) is 5.12. The first-order valence-corrected chi connectivity index (χ1v) is 7.55. The predicted octanol–water partition coefficient (Wildman–Crippen LogP) is 1.42. The van der Waals surface area contributed by atoms with Crippen LogP contribution in [0.25, 0.3) is 0 Å². The Morgan fingerprint density at radius 3 is 2.65 bits per heavy atom. The molecule has 5 nitrogen and oxygen atoms in total. The summed E-state index contributed by atoms with van der Waals surface area (Å²) in [6.45, 7) is 8.39. The number of esters is 1. The van der Waals surface area contributed by atoms with Gasteiger partial charge in [0.2, 0.25) is 5.91 Å². The van der Waals surface area contributed by atoms with Crippen LogP contribution in [-0.2, 0) is 14.3 Å². The Balaban J connectivity index is 2.43. The smallest absolute Gasteiger partial charge is 0.309 e. The van der Waals surface area contributed by atoms with Crippen molar-refractivity contribution in [2.24, 2.45) is 11.8 Å². The van der Waals surface area contributed by atoms with Crippen LogP contribution in [0, 0.1) is 11.8 Å². The SMILES string of the molecule is COC(=O)[C@H]1CCCN(C(C)C(=O)NCCC(C)C)C1. The third-order valence-corrected chi connectivity index (χ3v) is 3.94. The standard InChI is InChI=1S/C15H28N2O3/c1-11(2)7-8-16-14(18)12(3)17-9-5-6-13(10-17)15(19)20-4/h11-13H,5-10H2,1-4H3,(H,16,18)/t12?,13-/m0/s1. The van der Waals surface area contributed by atoms with Gasteiger partial charge in [0, 0.05) is 13.1 Å². The molecule has 1 amide bonds. The van der Waals surface area contributed by atoms with Crippen LogP contribution in [0.5, 0.6) is 0 Å². The zero-order chi connectivity index (χ0) is 15.1. The third-order valence-electron chi connectivity index (χ3n) is 3.94. The molecule has 0 aromatic heterocycles. The molecule has 1 unspecified atom stereocenters. The van der Waals surface area contributed by atoms with Crippen LogP contribution in [0.4, 0.5) is 0 Å². The number of rotatable bonds is 6. The van der Waals surface area contributed by atoms with Crippen LogP contribution in [0.2, 0.25) is 0 Å². The highest BCUT2D eigenvalue weighted by Gasteiger charge is 2.31. The van der Waals surface area contributed by atoms with Gasteiger partial charge in [-0.15, -0.1) is 0 Å². The second kappa shape index (κ2) is 8.25. The van der Waals surface area contributed by atoms with E-state index in [4.69, 9.17) is 4.74 Å². The first kappa shape index (κ1) is 17.0. The molecule has 0 radical (unpaired) electrons. The summed E-state index contributed by atoms with van der Waals surface area (Å²) < 4.78 is 4.80. The molecule has 1 N–H and O–H groups in total. The summed E-state index contributed by atoms with van der Waals surface area (Å²) in [5, 5.41) is 2.97. The van der Waals surface area contributed by atoms with Crippen molar-refractivity contribution in [1.29, 1.82) is 0 Å². The lowest BCUT2D eigenvalue weighted by Crippen LogP contribution is -2.50. The second-order valence-electron chi connectivity index (χ2n) is 6.01. The number of amides is 1. The lowest BCUT2D eigenvalue weighted by molar-refractivity contribution is -0.148. The molecule has 0 saturated carbocycles. The molecule has 1 aliphatic rings. The molecule has 116 valence electrons. The fraction of sp³-hybridized carbons (Fsp3) is 0.867. The Morgan fingerprint density at radius 1 is 1.35 bits per heavy atom. The molecule has 0 aliphatic carbocycles. The first-order valence-electron chi connectivity index (χ1n) is 7.55. The lowest BCUT2D eigenvalue weighted by atomic mass is 9.97. The summed E-state index contributed by atoms with van der Waals surface area (Å²) in [4.78, 5) is 25.8. The molecule has 2 atom stereocenters. The highest BCUT2D eigenvalue weighted by molar-refractivity contribution is 5.81. The van der Waals surface area contributed by atoms with Gasteiger partial charge in [0.1, 0.15) is 0 Å². The van der Waals surface area contributed by atoms with Gasteiger partial charge < -0.3 is 10.1 Å². The van der Waals surface area contributed by atoms with Crippen LogP contribution in [0.1, 0.15) is 40.0 Å². The minimum Gasteiger partial charge on any atom is -0.469 e. The maximum absolute atomic E-state index is 12.1. The summed E-state index contributed by atoms with van der Waals surface area (Å²) in [7, 11) is 1.42. The summed E-state index contributed by atoms with van der Waals surface area (Å²) in [6, 6.07) is -0.186. The Morgan fingerprint density at radius 2 is 2.05 bits per heavy atom. The summed E-state index contributed by atoms with van der Waals surface area (Å²) in [5.41, 5.74) is 0. The molecule has 20 heavy (non-hydrogen) atoms. The number of likely N-dealkylation sites (tertiary alicyclic amines) is 1. The number of nitrogens with zero attached hydrogens (tertiary/aromatic N) is 1. The normalized spacial score (nSPS) is 21.6. The van der Waals surface area contributed by atoms with E-state index >= 15 is 0 Å². The maximum Gasteiger partial charge on any atom is 0.309 e. The van der Waals surface area contributed by atoms with E-state index in [0.29, 0.717) is 12.5 Å². The highest BCUT2D eigenvalue weighted by Crippen LogP contribution is 2.19. The van der Waals surface area contributed by atoms with E-state index in [1.807, 2.05) is 6.92 Å². The summed E-state index contributed by atoms with van der Waals surface area (Å²) in [5.74, 6) is 0.377. The van der Waals surface area contributed by atoms with Gasteiger partial charge in [0.05, 0.1) is 19.1 Å². The number of methoxy groups -OCH3 is 1. The molecule has 0 aromatic rings. The monoisotopic (exact) mass is 284 g/mol. The van der Waals surface area contributed by atoms with E-state index in [-0.39, 0.29) is 23.8 Å². The Hall–Kier alpha value is -1.10. The van der Waals surface area contributed by atoms with Gasteiger partial charge in [-0.05, 0) is 38.6 Å². The number of ether oxygens (including phenoxy) is 1. The Bertz CT molecular complexity index is 331. The second-order valence-corrected chi connectivity index (χ2v) is 6.01. The van der Waals surface area contributed by atoms with Crippen molar-refractivity contribution in [1.82, 2.24) is 10.2 Å². The van der Waals surface area contributed by atoms with E-state index in [9.17, 15) is 9.59 Å². The largest absolute Gasteiger partial charge is 0.469 e. The van der Waals surface area contributed by atoms with Gasteiger partial charge in [-0.3, -0.25) is 14.5 Å². The number of nitrogens with one attached hydrogen (secondary N) is 1. The Labute approximate surface area is 122 Å². The molecule has 0 spiro atoms. The number of piperidine rings is 1. The van der Waals surface area contributed by atoms with Gasteiger partial charge in [-0.2, -0.15) is 0 Å². The average Bonchev–Trinajstić information content (AvgIpc) is 2.45. The summed E-state index contributed by atoms with van der Waals surface area (Å²) in [6.07, 6.45) is 2.78. The predicted molar refractivity (Wildman–Crippen MR) is 78.2 cm³/mol. The van der Waals surface area contributed by atoms with Crippen LogP contribution in [0.3, 0.4) is 0 Å². The van der Waals surface area contributed by atoms with Crippen LogP contribution in [-0.4, -0.2) is 49.6 Å². The van der Waals surface area contributed by atoms with E-state index < -0.39 is 0 Å². The highest BCUT2D eigenvalue weighted by atomic mass is 16.5. The van der Waals surface area contributed by atoms with Gasteiger partial charge in [-0.25, -0.2) is 0 Å². The molecule has 1 saturated heterocycles. The van der Waals surface area contributed by atoms with E-state index in [1.165, 1.54) is 7.11 Å². The fourth-order valence-corrected chi connectivity index (χ4v) is 2.51. The average molecular weight is 284 g/mol. The molecule has 1 aliphatic heterocycles. The number of hydrogen-bond donors (Lipinski definition) is 1. The van der Waals surface area contributed by atoms with Gasteiger partial charge in [-0.1, -0.05) is 13.8 Å². The van der Waals surface area contributed by atoms with Crippen LogP contribution in [0.15, 0.2) is 0 Å². The van der Waals surface area contributed by atoms with E-state index in [1.54, 1.807) is 0 Å². The topological polar surface area (TPSA) is 58.6 Å². The van der Waals surface area contributed by atoms with Crippen LogP contribution < -0.4 is 5.32 Å². The Kier molecular flexibility index (Phi) is 6.99. The quantitative estimate of drug-likeness (QED) is 0.750. The van der Waals surface area contributed by atoms with E-state index in [2.05, 4.69) is 24.1 Å². The minimum atomic E-state index is -0.186. The van der Waals surface area contributed by atoms with E-state index in [0.717, 1.165) is 32.4 Å². The number of carbonyl (C=O) groups excluding carboxylic acids is 2. The maximum atomic E-state index is 12.1. The summed E-state index contributed by atoms with van der Waals surface area (Å²) >= 11 is 0. The number of carbonyl (C=O) groups is 2. The zero-order valence-corrected chi connectivity index (χ0v) is 13.1. The van der Waals surface area contributed by atoms with Gasteiger partial charge >= 0.3 is 5.97 Å². The van der Waals surface area contributed by atoms with Crippen LogP contribution >= 0.6 is 0 Å². The molecule has 5 heteroatoms. The van der Waals surface area contributed by atoms with Crippen molar-refractivity contribution in [3.63, 3.8) is 0 Å². The van der Waals surface area contributed by atoms with Crippen molar-refractivity contribution >= 4 is 11.9 Å². The molecule has 1 fully saturated rings. The van der Waals surface area contributed by atoms with Crippen molar-refractivity contribution in [3.8, 4) is 0 Å². The van der Waals surface area contributed by atoms with Gasteiger partial charge in [0.25, 0.3) is 0 Å². The molecule has 1 rings (SSSR count). The molecule has 0 bridgehead atoms. The molecule has 1 heterocycles. The van der Waals surface area contributed by atoms with Crippen molar-refractivity contribution in [2.75, 3.05) is 26.7 Å². The minimum absolute atomic E-state index is 0.0520. The van der Waals surface area contributed by atoms with Crippen molar-refractivity contribution in [2.45, 2.75) is 46.1 Å². The lowest BCUT2D eigenvalue weighted by Gasteiger charge is -2.34. The fourth-order valence-electron chi connectivity index (χ4n) is 2.51. The number of hydrogen-bond acceptors (Lipinski definition) is 4. The van der Waals surface area contributed by atoms with Crippen molar-refractivity contribution < 1.29 is 14.3 Å². The molecular weight excluding hydrogens is 256 g/mol. The first-order chi connectivity index (χ1) is 9.45. The zero-order valence-electron chi connectivity index (χ0n) is 13.1. The molecular formula is C15H28N2O3. The van der Waals surface area contributed by atoms with Crippen molar-refractivity contribution in [3.05, 3.63) is 0 Å².